The van der Waals surface area contributed by atoms with Crippen molar-refractivity contribution in [1.82, 2.24) is 52.1 Å². The first kappa shape index (κ1) is 79.1. The summed E-state index contributed by atoms with van der Waals surface area (Å²) >= 11 is 0. The van der Waals surface area contributed by atoms with Crippen molar-refractivity contribution in [1.29, 1.82) is 0 Å². The summed E-state index contributed by atoms with van der Waals surface area (Å²) in [5.74, 6) is 0.160. The monoisotopic (exact) mass is 1540 g/mol. The molecule has 3 fully saturated rings. The molecule has 15 atom stereocenters. The summed E-state index contributed by atoms with van der Waals surface area (Å²) in [5, 5.41) is 67.2. The highest BCUT2D eigenvalue weighted by molar-refractivity contribution is 7.61. The zero-order valence-electron chi connectivity index (χ0n) is 50.4. The first-order valence-corrected chi connectivity index (χ1v) is 36.9. The van der Waals surface area contributed by atoms with Crippen LogP contribution in [0.25, 0.3) is 10.8 Å². The lowest BCUT2D eigenvalue weighted by atomic mass is 10.1. The number of nitrogens with zero attached hydrogens (tertiary/aromatic N) is 11. The van der Waals surface area contributed by atoms with Crippen LogP contribution in [0.4, 0.5) is 0 Å². The maximum Gasteiger partial charge on any atom is 0.481 e. The van der Waals surface area contributed by atoms with Gasteiger partial charge in [0.25, 0.3) is 16.7 Å². The Morgan fingerprint density at radius 2 is 0.800 bits per heavy atom. The van der Waals surface area contributed by atoms with Crippen LogP contribution in [-0.2, 0) is 94.8 Å². The summed E-state index contributed by atoms with van der Waals surface area (Å²) in [5.41, 5.74) is -3.87. The number of fused-ring (bicyclic) bond motifs is 1. The lowest BCUT2D eigenvalue weighted by Crippen LogP contribution is -2.43. The van der Waals surface area contributed by atoms with Crippen LogP contribution in [0.3, 0.4) is 0 Å². The molecule has 100 heavy (non-hydrogen) atoms. The molecular weight excluding hydrogens is 1480 g/mol. The van der Waals surface area contributed by atoms with E-state index >= 15 is 0 Å². The number of hydrogen-bond donors (Lipinski definition) is 15. The molecule has 1 aromatic carbocycles. The van der Waals surface area contributed by atoms with E-state index in [1.54, 1.807) is 37.5 Å². The third-order valence-electron chi connectivity index (χ3n) is 14.0. The van der Waals surface area contributed by atoms with Crippen molar-refractivity contribution in [2.75, 3.05) is 19.8 Å². The molecule has 6 unspecified atom stereocenters. The number of phosphoric acid groups is 6. The van der Waals surface area contributed by atoms with E-state index in [0.717, 1.165) is 75.0 Å². The van der Waals surface area contributed by atoms with E-state index in [1.807, 2.05) is 12.1 Å². The molecule has 6 aromatic heterocycles. The summed E-state index contributed by atoms with van der Waals surface area (Å²) in [6.45, 7) is -3.46. The van der Waals surface area contributed by atoms with Crippen LogP contribution in [0.1, 0.15) is 35.9 Å². The van der Waals surface area contributed by atoms with Gasteiger partial charge in [0.15, 0.2) is 18.7 Å². The molecule has 0 amide bonds. The van der Waals surface area contributed by atoms with E-state index in [0.29, 0.717) is 11.4 Å². The summed E-state index contributed by atoms with van der Waals surface area (Å²) in [7, 11) is -30.1. The molecule has 47 nitrogen and oxygen atoms in total. The third-order valence-corrected chi connectivity index (χ3v) is 20.5. The Morgan fingerprint density at radius 1 is 0.430 bits per heavy atom. The fourth-order valence-electron chi connectivity index (χ4n) is 9.60. The van der Waals surface area contributed by atoms with Gasteiger partial charge in [0.05, 0.1) is 50.8 Å². The summed E-state index contributed by atoms with van der Waals surface area (Å²) in [4.78, 5) is 167. The van der Waals surface area contributed by atoms with Gasteiger partial charge in [-0.25, -0.2) is 51.7 Å². The molecule has 0 radical (unpaired) electrons. The van der Waals surface area contributed by atoms with Gasteiger partial charge in [-0.2, -0.15) is 18.0 Å². The Kier molecular flexibility index (Phi) is 25.3. The largest absolute Gasteiger partial charge is 0.481 e. The minimum atomic E-state index is -5.37. The number of aliphatic hydroxyl groups is 6. The maximum absolute atomic E-state index is 13.2. The molecule has 7 aromatic rings. The third kappa shape index (κ3) is 20.6. The smallest absolute Gasteiger partial charge is 0.387 e. The molecule has 53 heteroatoms. The van der Waals surface area contributed by atoms with Crippen LogP contribution in [0.15, 0.2) is 133 Å². The van der Waals surface area contributed by atoms with Crippen LogP contribution in [0, 0.1) is 0 Å². The molecule has 0 aliphatic carbocycles. The molecule has 15 N–H and O–H groups in total. The van der Waals surface area contributed by atoms with E-state index in [-0.39, 0.29) is 25.5 Å². The first-order chi connectivity index (χ1) is 46.5. The second-order valence-corrected chi connectivity index (χ2v) is 29.6. The number of pyridine rings is 1. The summed E-state index contributed by atoms with van der Waals surface area (Å²) in [6, 6.07) is 15.2. The van der Waals surface area contributed by atoms with Crippen molar-refractivity contribution in [3.63, 3.8) is 0 Å². The van der Waals surface area contributed by atoms with E-state index in [1.165, 1.54) is 29.3 Å². The number of aliphatic hydroxyl groups excluding tert-OH is 6. The Labute approximate surface area is 554 Å². The second kappa shape index (κ2) is 32.0. The number of hydrogen-bond acceptors (Lipinski definition) is 31. The van der Waals surface area contributed by atoms with Gasteiger partial charge in [-0.3, -0.25) is 65.0 Å². The molecular formula is C47H59N11O36P6. The molecule has 0 spiro atoms. The van der Waals surface area contributed by atoms with E-state index in [4.69, 9.17) is 43.6 Å². The van der Waals surface area contributed by atoms with Crippen molar-refractivity contribution in [3.05, 3.63) is 184 Å². The van der Waals surface area contributed by atoms with Gasteiger partial charge < -0.3 is 88.9 Å². The molecule has 10 rings (SSSR count). The minimum Gasteiger partial charge on any atom is -0.387 e. The molecule has 3 saturated heterocycles. The number of rotatable bonds is 24. The predicted octanol–water partition coefficient (Wildman–Crippen LogP) is -5.22. The molecule has 3 aliphatic rings. The van der Waals surface area contributed by atoms with Crippen molar-refractivity contribution in [2.24, 2.45) is 7.05 Å². The van der Waals surface area contributed by atoms with Gasteiger partial charge in [0.2, 0.25) is 0 Å². The lowest BCUT2D eigenvalue weighted by Gasteiger charge is -2.19. The average Bonchev–Trinajstić information content (AvgIpc) is 1.53. The van der Waals surface area contributed by atoms with Gasteiger partial charge in [-0.15, -0.1) is 0 Å². The van der Waals surface area contributed by atoms with Crippen LogP contribution in [-0.4, -0.2) is 202 Å². The normalized spacial score (nSPS) is 25.1. The topological polar surface area (TPSA) is 677 Å². The first-order valence-electron chi connectivity index (χ1n) is 27.8. The van der Waals surface area contributed by atoms with Gasteiger partial charge in [-0.05, 0) is 23.6 Å². The van der Waals surface area contributed by atoms with Crippen molar-refractivity contribution >= 4 is 57.7 Å². The van der Waals surface area contributed by atoms with Gasteiger partial charge in [-0.1, -0.05) is 24.3 Å². The Hall–Kier alpha value is -6.62. The number of ether oxygens (including phenoxy) is 3. The maximum atomic E-state index is 13.2. The number of phosphoric ester groups is 3. The highest BCUT2D eigenvalue weighted by Gasteiger charge is 2.49. The Balaban J connectivity index is 0.000000191. The molecule has 3 aliphatic heterocycles. The fraction of sp³-hybridized carbons (Fsp3) is 0.404. The SMILES string of the molecule is Cn1ccc(Cn2c(=O)ccn([C@@H]3O[C@H](COP(=O)(O)OP(=O)(O)O)[C@H](O)C3O)c2=O)n1.O=c1ccn([C@@H]2O[C@H](COP(=O)(O)OP(=O)(O)O)[C@H](O)C2O)c(=O)n1Cc1nccc2ccccc12.O=c1ccn([C@@H]2O[C@H](COP(=O)(O)OP(=O)(O)O)[C@H](O)C2O)c(=O)n1Cc1ncccn1. The zero-order valence-corrected chi connectivity index (χ0v) is 55.7. The minimum absolute atomic E-state index is 0.160. The molecule has 9 heterocycles. The van der Waals surface area contributed by atoms with Crippen LogP contribution < -0.4 is 33.7 Å². The second-order valence-electron chi connectivity index (χ2n) is 21.1. The molecule has 548 valence electrons. The van der Waals surface area contributed by atoms with Crippen LogP contribution in [0.2, 0.25) is 0 Å². The quantitative estimate of drug-likeness (QED) is 0.0251. The highest BCUT2D eigenvalue weighted by Crippen LogP contribution is 2.60. The lowest BCUT2D eigenvalue weighted by molar-refractivity contribution is -0.0548. The number of aryl methyl sites for hydroxylation is 1. The summed E-state index contributed by atoms with van der Waals surface area (Å²) in [6.07, 6.45) is -10.4. The highest BCUT2D eigenvalue weighted by atomic mass is 31.3. The van der Waals surface area contributed by atoms with Crippen molar-refractivity contribution in [3.8, 4) is 0 Å². The summed E-state index contributed by atoms with van der Waals surface area (Å²) < 4.78 is 114. The standard InChI is InChI=1S/C19H21N3O12P2.C14H20N4O12P2.C14H18N4O12P2/c23-15-6-8-21(19(26)22(15)9-13-12-4-2-1-3-11(12)5-7-20-13)18-17(25)16(24)14(33-18)10-32-36(30,31)34-35(27,28)29;1-16-4-2-8(15-16)6-18-10(19)3-5-17(14(18)22)13-12(21)11(20)9(29-13)7-28-32(26,27)30-31(23,24)25;19-10-2-5-17(14(22)18(10)6-9-15-3-1-4-16-9)13-12(21)11(20)8(29-13)7-28-32(26,27)30-31(23,24)25/h1-8,14,16-18,24-25H,9-10H2,(H,30,31)(H2,27,28,29);2-5,9,11-13,20-21H,6-7H2,1H3,(H,26,27)(H2,23,24,25);1-5,8,11-13,20-21H,6-7H2,(H,26,27)(H2,23,24,25)/t14-,16+,17?,18-;9-,11+,12?,13-;8-,11+,12?,13-/m111/s1. The van der Waals surface area contributed by atoms with Crippen molar-refractivity contribution in [2.45, 2.75) is 93.3 Å². The van der Waals surface area contributed by atoms with Crippen molar-refractivity contribution < 1.29 is 143 Å². The molecule has 0 bridgehead atoms. The van der Waals surface area contributed by atoms with Crippen LogP contribution >= 0.6 is 46.9 Å². The zero-order chi connectivity index (χ0) is 73.8. The number of benzene rings is 1. The van der Waals surface area contributed by atoms with Gasteiger partial charge >= 0.3 is 64.0 Å². The van der Waals surface area contributed by atoms with E-state index < -0.39 is 174 Å². The van der Waals surface area contributed by atoms with Crippen LogP contribution in [0.5, 0.6) is 0 Å². The Bertz CT molecular complexity index is 4760. The average molecular weight is 1540 g/mol. The van der Waals surface area contributed by atoms with E-state index in [9.17, 15) is 101 Å². The predicted molar refractivity (Wildman–Crippen MR) is 324 cm³/mol. The fourth-order valence-corrected chi connectivity index (χ4v) is 14.4. The van der Waals surface area contributed by atoms with Gasteiger partial charge in [0.1, 0.15) is 60.8 Å². The van der Waals surface area contributed by atoms with Gasteiger partial charge in [0, 0.05) is 74.0 Å². The number of aromatic nitrogens is 11. The Morgan fingerprint density at radius 3 is 1.17 bits per heavy atom. The molecule has 0 saturated carbocycles. The van der Waals surface area contributed by atoms with E-state index in [2.05, 4.69) is 46.6 Å².